The molecule has 1 aromatic heterocycles. The maximum Gasteiger partial charge on any atom is 0.290 e. The van der Waals surface area contributed by atoms with Gasteiger partial charge in [-0.25, -0.2) is 0 Å². The molecule has 1 amide bonds. The molecule has 1 saturated carbocycles. The van der Waals surface area contributed by atoms with Gasteiger partial charge in [-0.2, -0.15) is 0 Å². The van der Waals surface area contributed by atoms with Crippen LogP contribution in [0, 0.1) is 5.92 Å². The van der Waals surface area contributed by atoms with E-state index in [-0.39, 0.29) is 23.0 Å². The Morgan fingerprint density at radius 2 is 1.96 bits per heavy atom. The fraction of sp³-hybridized carbons (Fsp3) is 0.263. The van der Waals surface area contributed by atoms with Crippen LogP contribution in [0.4, 0.5) is 0 Å². The Balaban J connectivity index is 1.76. The SMILES string of the molecule is O=C(C1=C(O)C(=O)N(Cc2cccs2)C1c1ccc(Br)cc1)C1CC1. The summed E-state index contributed by atoms with van der Waals surface area (Å²) in [6.07, 6.45) is 1.67. The summed E-state index contributed by atoms with van der Waals surface area (Å²) in [6.45, 7) is 0.378. The number of thiophene rings is 1. The van der Waals surface area contributed by atoms with Crippen molar-refractivity contribution in [3.8, 4) is 0 Å². The van der Waals surface area contributed by atoms with Gasteiger partial charge in [-0.1, -0.05) is 34.1 Å². The lowest BCUT2D eigenvalue weighted by Crippen LogP contribution is -2.30. The number of hydrogen-bond donors (Lipinski definition) is 1. The normalized spacial score (nSPS) is 20.4. The van der Waals surface area contributed by atoms with Crippen molar-refractivity contribution in [1.29, 1.82) is 0 Å². The highest BCUT2D eigenvalue weighted by atomic mass is 79.9. The van der Waals surface area contributed by atoms with Gasteiger partial charge in [0.2, 0.25) is 0 Å². The fourth-order valence-electron chi connectivity index (χ4n) is 3.20. The van der Waals surface area contributed by atoms with E-state index >= 15 is 0 Å². The lowest BCUT2D eigenvalue weighted by molar-refractivity contribution is -0.130. The lowest BCUT2D eigenvalue weighted by Gasteiger charge is -2.26. The van der Waals surface area contributed by atoms with Crippen molar-refractivity contribution in [1.82, 2.24) is 4.90 Å². The molecule has 1 unspecified atom stereocenters. The van der Waals surface area contributed by atoms with Crippen molar-refractivity contribution in [3.05, 3.63) is 68.0 Å². The topological polar surface area (TPSA) is 57.6 Å². The number of rotatable bonds is 5. The second kappa shape index (κ2) is 6.42. The molecule has 2 aromatic rings. The van der Waals surface area contributed by atoms with E-state index in [9.17, 15) is 14.7 Å². The summed E-state index contributed by atoms with van der Waals surface area (Å²) < 4.78 is 0.925. The first kappa shape index (κ1) is 16.5. The smallest absolute Gasteiger partial charge is 0.290 e. The highest BCUT2D eigenvalue weighted by molar-refractivity contribution is 9.10. The number of carbonyl (C=O) groups excluding carboxylic acids is 2. The summed E-state index contributed by atoms with van der Waals surface area (Å²) in [5, 5.41) is 12.4. The van der Waals surface area contributed by atoms with E-state index in [1.165, 1.54) is 0 Å². The maximum atomic E-state index is 12.8. The molecule has 25 heavy (non-hydrogen) atoms. The Bertz CT molecular complexity index is 853. The average molecular weight is 418 g/mol. The fourth-order valence-corrected chi connectivity index (χ4v) is 4.16. The van der Waals surface area contributed by atoms with Crippen LogP contribution in [-0.2, 0) is 16.1 Å². The average Bonchev–Trinajstić information content (AvgIpc) is 3.28. The van der Waals surface area contributed by atoms with Crippen LogP contribution in [0.2, 0.25) is 0 Å². The quantitative estimate of drug-likeness (QED) is 0.784. The van der Waals surface area contributed by atoms with E-state index in [1.807, 2.05) is 41.8 Å². The Hall–Kier alpha value is -1.92. The number of halogens is 1. The number of benzene rings is 1. The number of hydrogen-bond acceptors (Lipinski definition) is 4. The second-order valence-corrected chi connectivity index (χ2v) is 8.32. The van der Waals surface area contributed by atoms with Crippen LogP contribution >= 0.6 is 27.3 Å². The molecule has 128 valence electrons. The van der Waals surface area contributed by atoms with Gasteiger partial charge >= 0.3 is 0 Å². The van der Waals surface area contributed by atoms with Crippen LogP contribution in [0.25, 0.3) is 0 Å². The molecule has 1 aliphatic heterocycles. The van der Waals surface area contributed by atoms with E-state index in [0.717, 1.165) is 27.8 Å². The number of Topliss-reactive ketones (excluding diaryl/α,β-unsaturated/α-hetero) is 1. The zero-order valence-electron chi connectivity index (χ0n) is 13.3. The van der Waals surface area contributed by atoms with Gasteiger partial charge in [0.15, 0.2) is 11.5 Å². The van der Waals surface area contributed by atoms with Gasteiger partial charge in [0.05, 0.1) is 18.2 Å². The van der Waals surface area contributed by atoms with Crippen LogP contribution in [0.5, 0.6) is 0 Å². The standard InChI is InChI=1S/C19H16BrNO3S/c20-13-7-5-11(6-8-13)16-15(17(22)12-3-4-12)18(23)19(24)21(16)10-14-2-1-9-25-14/h1-2,5-9,12,16,23H,3-4,10H2. The van der Waals surface area contributed by atoms with Crippen molar-refractivity contribution < 1.29 is 14.7 Å². The first-order valence-electron chi connectivity index (χ1n) is 8.12. The van der Waals surface area contributed by atoms with E-state index in [4.69, 9.17) is 0 Å². The minimum absolute atomic E-state index is 0.0513. The Morgan fingerprint density at radius 3 is 2.56 bits per heavy atom. The van der Waals surface area contributed by atoms with E-state index < -0.39 is 11.9 Å². The summed E-state index contributed by atoms with van der Waals surface area (Å²) in [4.78, 5) is 28.1. The summed E-state index contributed by atoms with van der Waals surface area (Å²) >= 11 is 4.97. The van der Waals surface area contributed by atoms with E-state index in [2.05, 4.69) is 15.9 Å². The van der Waals surface area contributed by atoms with Crippen molar-refractivity contribution >= 4 is 39.0 Å². The van der Waals surface area contributed by atoms with Crippen LogP contribution in [0.1, 0.15) is 29.3 Å². The molecule has 4 rings (SSSR count). The predicted molar refractivity (Wildman–Crippen MR) is 99.1 cm³/mol. The van der Waals surface area contributed by atoms with Crippen molar-refractivity contribution in [2.75, 3.05) is 0 Å². The van der Waals surface area contributed by atoms with Crippen LogP contribution < -0.4 is 0 Å². The van der Waals surface area contributed by atoms with Gasteiger partial charge in [0.25, 0.3) is 5.91 Å². The summed E-state index contributed by atoms with van der Waals surface area (Å²) in [5.74, 6) is -0.997. The first-order valence-corrected chi connectivity index (χ1v) is 9.79. The molecule has 0 radical (unpaired) electrons. The molecule has 0 spiro atoms. The largest absolute Gasteiger partial charge is 0.503 e. The second-order valence-electron chi connectivity index (χ2n) is 6.37. The van der Waals surface area contributed by atoms with E-state index in [1.54, 1.807) is 16.2 Å². The van der Waals surface area contributed by atoms with Crippen LogP contribution in [0.15, 0.2) is 57.6 Å². The molecule has 2 heterocycles. The molecule has 1 fully saturated rings. The summed E-state index contributed by atoms with van der Waals surface area (Å²) in [7, 11) is 0. The number of amides is 1. The first-order chi connectivity index (χ1) is 12.1. The van der Waals surface area contributed by atoms with E-state index in [0.29, 0.717) is 6.54 Å². The van der Waals surface area contributed by atoms with Gasteiger partial charge in [-0.3, -0.25) is 9.59 Å². The van der Waals surface area contributed by atoms with Crippen molar-refractivity contribution in [3.63, 3.8) is 0 Å². The minimum Gasteiger partial charge on any atom is -0.503 e. The molecule has 4 nitrogen and oxygen atoms in total. The monoisotopic (exact) mass is 417 g/mol. The van der Waals surface area contributed by atoms with Crippen molar-refractivity contribution in [2.24, 2.45) is 5.92 Å². The zero-order chi connectivity index (χ0) is 17.6. The molecule has 1 N–H and O–H groups in total. The van der Waals surface area contributed by atoms with Gasteiger partial charge in [-0.15, -0.1) is 11.3 Å². The van der Waals surface area contributed by atoms with Gasteiger partial charge in [-0.05, 0) is 42.0 Å². The highest BCUT2D eigenvalue weighted by Gasteiger charge is 2.46. The number of carbonyl (C=O) groups is 2. The summed E-state index contributed by atoms with van der Waals surface area (Å²) in [5.41, 5.74) is 1.09. The molecule has 1 aliphatic carbocycles. The molecule has 1 atom stereocenters. The van der Waals surface area contributed by atoms with Crippen LogP contribution in [-0.4, -0.2) is 21.7 Å². The third-order valence-corrected chi connectivity index (χ3v) is 6.00. The lowest BCUT2D eigenvalue weighted by atomic mass is 9.94. The zero-order valence-corrected chi connectivity index (χ0v) is 15.7. The predicted octanol–water partition coefficient (Wildman–Crippen LogP) is 4.39. The van der Waals surface area contributed by atoms with Crippen molar-refractivity contribution in [2.45, 2.75) is 25.4 Å². The Kier molecular flexibility index (Phi) is 4.25. The number of aliphatic hydroxyl groups excluding tert-OH is 1. The number of aliphatic hydroxyl groups is 1. The third kappa shape index (κ3) is 3.04. The number of ketones is 1. The third-order valence-electron chi connectivity index (χ3n) is 4.61. The molecule has 0 saturated heterocycles. The molecular weight excluding hydrogens is 402 g/mol. The summed E-state index contributed by atoms with van der Waals surface area (Å²) in [6, 6.07) is 10.9. The van der Waals surface area contributed by atoms with Gasteiger partial charge in [0.1, 0.15) is 0 Å². The molecular formula is C19H16BrNO3S. The van der Waals surface area contributed by atoms with Gasteiger partial charge < -0.3 is 10.0 Å². The Labute approximate surface area is 157 Å². The Morgan fingerprint density at radius 1 is 1.24 bits per heavy atom. The number of nitrogens with zero attached hydrogens (tertiary/aromatic N) is 1. The minimum atomic E-state index is -0.532. The van der Waals surface area contributed by atoms with Gasteiger partial charge in [0, 0.05) is 15.3 Å². The molecule has 0 bridgehead atoms. The molecule has 6 heteroatoms. The molecule has 2 aliphatic rings. The highest BCUT2D eigenvalue weighted by Crippen LogP contribution is 2.44. The van der Waals surface area contributed by atoms with Crippen LogP contribution in [0.3, 0.4) is 0 Å². The molecule has 1 aromatic carbocycles. The maximum absolute atomic E-state index is 12.8.